The van der Waals surface area contributed by atoms with Crippen LogP contribution in [0.15, 0.2) is 11.6 Å². The van der Waals surface area contributed by atoms with Crippen LogP contribution in [-0.4, -0.2) is 11.6 Å². The smallest absolute Gasteiger partial charge is 0.159 e. The number of allylic oxidation sites excluding steroid dienone is 1. The van der Waals surface area contributed by atoms with Crippen molar-refractivity contribution < 1.29 is 9.59 Å². The van der Waals surface area contributed by atoms with Crippen molar-refractivity contribution in [3.05, 3.63) is 11.6 Å². The maximum absolute atomic E-state index is 12.4. The van der Waals surface area contributed by atoms with Gasteiger partial charge in [-0.2, -0.15) is 0 Å². The molecule has 5 aliphatic rings. The van der Waals surface area contributed by atoms with Gasteiger partial charge >= 0.3 is 0 Å². The third-order valence-electron chi connectivity index (χ3n) is 8.60. The van der Waals surface area contributed by atoms with E-state index in [0.29, 0.717) is 29.3 Å². The number of hydrogen-bond donors (Lipinski definition) is 0. The summed E-state index contributed by atoms with van der Waals surface area (Å²) in [7, 11) is 0. The molecule has 2 heteroatoms. The lowest BCUT2D eigenvalue weighted by Gasteiger charge is -2.57. The van der Waals surface area contributed by atoms with Gasteiger partial charge in [-0.15, -0.1) is 0 Å². The van der Waals surface area contributed by atoms with Gasteiger partial charge in [0.25, 0.3) is 0 Å². The van der Waals surface area contributed by atoms with Crippen LogP contribution in [-0.2, 0) is 9.59 Å². The predicted molar refractivity (Wildman–Crippen MR) is 84.1 cm³/mol. The van der Waals surface area contributed by atoms with Crippen LogP contribution in [0.1, 0.15) is 58.8 Å². The van der Waals surface area contributed by atoms with Gasteiger partial charge in [-0.05, 0) is 73.7 Å². The Morgan fingerprint density at radius 2 is 1.82 bits per heavy atom. The number of ketones is 2. The SMILES string of the molecule is C[C@@]12C(=CC(=O)[C@H]3C[C@H]31)CCC1C2CC[C@]2(C)C(=O)CCC12. The minimum Gasteiger partial charge on any atom is -0.299 e. The Morgan fingerprint density at radius 3 is 2.64 bits per heavy atom. The average molecular weight is 298 g/mol. The van der Waals surface area contributed by atoms with E-state index < -0.39 is 0 Å². The Bertz CT molecular complexity index is 617. The fraction of sp³-hybridized carbons (Fsp3) is 0.800. The topological polar surface area (TPSA) is 34.1 Å². The van der Waals surface area contributed by atoms with Crippen LogP contribution in [0.4, 0.5) is 0 Å². The molecule has 0 saturated heterocycles. The highest BCUT2D eigenvalue weighted by Gasteiger charge is 2.65. The maximum Gasteiger partial charge on any atom is 0.159 e. The van der Waals surface area contributed by atoms with Gasteiger partial charge in [0.1, 0.15) is 5.78 Å². The average Bonchev–Trinajstić information content (AvgIpc) is 3.24. The number of Topliss-reactive ketones (excluding diaryl/α,β-unsaturated/α-hetero) is 1. The second-order valence-corrected chi connectivity index (χ2v) is 9.14. The van der Waals surface area contributed by atoms with Gasteiger partial charge in [-0.25, -0.2) is 0 Å². The van der Waals surface area contributed by atoms with Crippen LogP contribution in [0.25, 0.3) is 0 Å². The van der Waals surface area contributed by atoms with Gasteiger partial charge in [-0.3, -0.25) is 9.59 Å². The molecule has 0 radical (unpaired) electrons. The fourth-order valence-electron chi connectivity index (χ4n) is 7.23. The second-order valence-electron chi connectivity index (χ2n) is 9.14. The van der Waals surface area contributed by atoms with Crippen LogP contribution >= 0.6 is 0 Å². The summed E-state index contributed by atoms with van der Waals surface area (Å²) in [5, 5.41) is 0. The highest BCUT2D eigenvalue weighted by atomic mass is 16.1. The molecule has 0 aromatic heterocycles. The summed E-state index contributed by atoms with van der Waals surface area (Å²) in [6.07, 6.45) is 9.70. The quantitative estimate of drug-likeness (QED) is 0.678. The monoisotopic (exact) mass is 298 g/mol. The molecule has 2 nitrogen and oxygen atoms in total. The van der Waals surface area contributed by atoms with E-state index >= 15 is 0 Å². The third kappa shape index (κ3) is 1.39. The Morgan fingerprint density at radius 1 is 1.00 bits per heavy atom. The van der Waals surface area contributed by atoms with Gasteiger partial charge < -0.3 is 0 Å². The summed E-state index contributed by atoms with van der Waals surface area (Å²) in [6, 6.07) is 0. The van der Waals surface area contributed by atoms with Crippen LogP contribution in [0.3, 0.4) is 0 Å². The van der Waals surface area contributed by atoms with Crippen LogP contribution < -0.4 is 0 Å². The predicted octanol–water partition coefficient (Wildman–Crippen LogP) is 3.94. The Hall–Kier alpha value is -0.920. The molecule has 4 fully saturated rings. The van der Waals surface area contributed by atoms with Crippen molar-refractivity contribution in [1.29, 1.82) is 0 Å². The van der Waals surface area contributed by atoms with Crippen molar-refractivity contribution in [3.63, 3.8) is 0 Å². The zero-order chi connectivity index (χ0) is 15.3. The number of carbonyl (C=O) groups is 2. The van der Waals surface area contributed by atoms with Gasteiger partial charge in [-0.1, -0.05) is 19.4 Å². The van der Waals surface area contributed by atoms with E-state index in [1.165, 1.54) is 18.4 Å². The molecule has 22 heavy (non-hydrogen) atoms. The summed E-state index contributed by atoms with van der Waals surface area (Å²) >= 11 is 0. The summed E-state index contributed by atoms with van der Waals surface area (Å²) in [6.45, 7) is 4.72. The van der Waals surface area contributed by atoms with Crippen LogP contribution in [0, 0.1) is 40.4 Å². The first kappa shape index (κ1) is 13.5. The largest absolute Gasteiger partial charge is 0.299 e. The zero-order valence-corrected chi connectivity index (χ0v) is 13.7. The van der Waals surface area contributed by atoms with Crippen molar-refractivity contribution >= 4 is 11.6 Å². The number of rotatable bonds is 0. The minimum atomic E-state index is -0.0216. The molecule has 5 rings (SSSR count). The molecule has 0 aromatic carbocycles. The second kappa shape index (κ2) is 3.94. The number of fused-ring (bicyclic) bond motifs is 7. The van der Waals surface area contributed by atoms with Crippen molar-refractivity contribution in [1.82, 2.24) is 0 Å². The van der Waals surface area contributed by atoms with Gasteiger partial charge in [0.15, 0.2) is 5.78 Å². The van der Waals surface area contributed by atoms with Crippen molar-refractivity contribution in [3.8, 4) is 0 Å². The highest BCUT2D eigenvalue weighted by Crippen LogP contribution is 2.70. The summed E-state index contributed by atoms with van der Waals surface area (Å²) in [5.41, 5.74) is 1.71. The molecule has 7 atom stereocenters. The van der Waals surface area contributed by atoms with Gasteiger partial charge in [0, 0.05) is 17.8 Å². The Labute approximate surface area is 132 Å². The van der Waals surface area contributed by atoms with E-state index in [-0.39, 0.29) is 10.8 Å². The maximum atomic E-state index is 12.4. The van der Waals surface area contributed by atoms with Gasteiger partial charge in [0.2, 0.25) is 0 Å². The molecule has 0 aliphatic heterocycles. The van der Waals surface area contributed by atoms with E-state index in [0.717, 1.165) is 43.9 Å². The molecule has 0 N–H and O–H groups in total. The number of hydrogen-bond acceptors (Lipinski definition) is 2. The highest BCUT2D eigenvalue weighted by molar-refractivity contribution is 5.96. The molecular formula is C20H26O2. The standard InChI is InChI=1S/C20H26O2/c1-19-8-7-15-12(14(19)5-6-18(19)22)4-3-11-9-17(21)13-10-16(13)20(11,15)2/h9,12-16H,3-8,10H2,1-2H3/t12?,13-,14?,15?,16+,19-,20-/m0/s1. The lowest BCUT2D eigenvalue weighted by molar-refractivity contribution is -0.132. The van der Waals surface area contributed by atoms with Crippen molar-refractivity contribution in [2.45, 2.75) is 58.8 Å². The lowest BCUT2D eigenvalue weighted by atomic mass is 9.47. The van der Waals surface area contributed by atoms with Gasteiger partial charge in [0.05, 0.1) is 0 Å². The van der Waals surface area contributed by atoms with Crippen LogP contribution in [0.5, 0.6) is 0 Å². The van der Waals surface area contributed by atoms with Crippen molar-refractivity contribution in [2.75, 3.05) is 0 Å². The first-order chi connectivity index (χ1) is 10.5. The van der Waals surface area contributed by atoms with E-state index in [4.69, 9.17) is 0 Å². The molecule has 4 saturated carbocycles. The first-order valence-corrected chi connectivity index (χ1v) is 9.24. The molecule has 118 valence electrons. The van der Waals surface area contributed by atoms with E-state index in [2.05, 4.69) is 13.8 Å². The molecule has 0 spiro atoms. The molecule has 0 heterocycles. The zero-order valence-electron chi connectivity index (χ0n) is 13.7. The molecule has 0 bridgehead atoms. The normalized spacial score (nSPS) is 55.7. The minimum absolute atomic E-state index is 0.0216. The third-order valence-corrected chi connectivity index (χ3v) is 8.60. The van der Waals surface area contributed by atoms with E-state index in [9.17, 15) is 9.59 Å². The van der Waals surface area contributed by atoms with Crippen molar-refractivity contribution in [2.24, 2.45) is 40.4 Å². The molecule has 3 unspecified atom stereocenters. The summed E-state index contributed by atoms with van der Waals surface area (Å²) in [5.74, 6) is 3.96. The fourth-order valence-corrected chi connectivity index (χ4v) is 7.23. The first-order valence-electron chi connectivity index (χ1n) is 9.24. The molecule has 0 amide bonds. The van der Waals surface area contributed by atoms with E-state index in [1.807, 2.05) is 6.08 Å². The lowest BCUT2D eigenvalue weighted by Crippen LogP contribution is -2.51. The summed E-state index contributed by atoms with van der Waals surface area (Å²) < 4.78 is 0. The Balaban J connectivity index is 1.56. The Kier molecular flexibility index (Phi) is 2.42. The molecular weight excluding hydrogens is 272 g/mol. The molecule has 5 aliphatic carbocycles. The van der Waals surface area contributed by atoms with Crippen LogP contribution in [0.2, 0.25) is 0 Å². The summed E-state index contributed by atoms with van der Waals surface area (Å²) in [4.78, 5) is 24.6. The molecule has 0 aromatic rings. The number of carbonyl (C=O) groups excluding carboxylic acids is 2. The van der Waals surface area contributed by atoms with E-state index in [1.54, 1.807) is 0 Å².